The van der Waals surface area contributed by atoms with Crippen LogP contribution in [0.2, 0.25) is 0 Å². The molecule has 0 spiro atoms. The fraction of sp³-hybridized carbons (Fsp3) is 0.318. The third kappa shape index (κ3) is 3.60. The molecule has 0 amide bonds. The van der Waals surface area contributed by atoms with E-state index >= 15 is 0 Å². The van der Waals surface area contributed by atoms with Crippen LogP contribution >= 0.6 is 0 Å². The molecule has 3 nitrogen and oxygen atoms in total. The van der Waals surface area contributed by atoms with Gasteiger partial charge in [-0.05, 0) is 43.9 Å². The maximum absolute atomic E-state index is 12.0. The summed E-state index contributed by atoms with van der Waals surface area (Å²) in [4.78, 5) is 12.0. The van der Waals surface area contributed by atoms with Crippen LogP contribution in [-0.2, 0) is 13.0 Å². The normalized spacial score (nSPS) is 11.0. The molecular formula is C22H25NO2. The van der Waals surface area contributed by atoms with Crippen LogP contribution in [0.1, 0.15) is 41.8 Å². The minimum Gasteiger partial charge on any atom is -0.493 e. The summed E-state index contributed by atoms with van der Waals surface area (Å²) in [6, 6.07) is 14.3. The van der Waals surface area contributed by atoms with Crippen LogP contribution in [0.3, 0.4) is 0 Å². The van der Waals surface area contributed by atoms with E-state index < -0.39 is 0 Å². The molecule has 1 aromatic heterocycles. The summed E-state index contributed by atoms with van der Waals surface area (Å²) in [5.74, 6) is 1.06. The molecule has 3 rings (SSSR count). The zero-order chi connectivity index (χ0) is 17.8. The van der Waals surface area contributed by atoms with Crippen LogP contribution < -0.4 is 4.74 Å². The van der Waals surface area contributed by atoms with Gasteiger partial charge in [-0.25, -0.2) is 0 Å². The summed E-state index contributed by atoms with van der Waals surface area (Å²) in [5.41, 5.74) is 4.43. The van der Waals surface area contributed by atoms with Gasteiger partial charge >= 0.3 is 0 Å². The lowest BCUT2D eigenvalue weighted by atomic mass is 10.1. The molecule has 0 saturated heterocycles. The van der Waals surface area contributed by atoms with Crippen LogP contribution in [0, 0.1) is 6.92 Å². The highest BCUT2D eigenvalue weighted by atomic mass is 16.5. The number of carbonyl (C=O) groups is 1. The van der Waals surface area contributed by atoms with E-state index in [9.17, 15) is 4.79 Å². The van der Waals surface area contributed by atoms with E-state index in [4.69, 9.17) is 4.74 Å². The van der Waals surface area contributed by atoms with Crippen LogP contribution in [0.4, 0.5) is 0 Å². The maximum atomic E-state index is 12.0. The topological polar surface area (TPSA) is 31.2 Å². The zero-order valence-corrected chi connectivity index (χ0v) is 15.2. The Morgan fingerprint density at radius 2 is 1.92 bits per heavy atom. The fourth-order valence-corrected chi connectivity index (χ4v) is 3.32. The largest absolute Gasteiger partial charge is 0.493 e. The number of hydrogen-bond acceptors (Lipinski definition) is 2. The third-order valence-electron chi connectivity index (χ3n) is 4.64. The second-order valence-corrected chi connectivity index (χ2v) is 6.43. The number of aromatic nitrogens is 1. The standard InChI is InChI=1S/C22H25NO2/c1-4-18-10-7-11-19-20(17(3)24)15-23(22(18)19)13-8-14-25-21-12-6-5-9-16(21)2/h5-7,9-12,15H,4,8,13-14H2,1-3H3. The predicted molar refractivity (Wildman–Crippen MR) is 103 cm³/mol. The number of ether oxygens (including phenoxy) is 1. The molecule has 0 saturated carbocycles. The van der Waals surface area contributed by atoms with Crippen molar-refractivity contribution in [1.82, 2.24) is 4.57 Å². The van der Waals surface area contributed by atoms with Gasteiger partial charge in [-0.2, -0.15) is 0 Å². The summed E-state index contributed by atoms with van der Waals surface area (Å²) < 4.78 is 8.12. The number of nitrogens with zero attached hydrogens (tertiary/aromatic N) is 1. The van der Waals surface area contributed by atoms with Crippen LogP contribution in [0.25, 0.3) is 10.9 Å². The van der Waals surface area contributed by atoms with Crippen molar-refractivity contribution in [1.29, 1.82) is 0 Å². The molecule has 0 bridgehead atoms. The van der Waals surface area contributed by atoms with E-state index in [2.05, 4.69) is 30.5 Å². The monoisotopic (exact) mass is 335 g/mol. The zero-order valence-electron chi connectivity index (χ0n) is 15.2. The quantitative estimate of drug-likeness (QED) is 0.440. The van der Waals surface area contributed by atoms with Gasteiger partial charge in [0.2, 0.25) is 0 Å². The Bertz CT molecular complexity index is 892. The highest BCUT2D eigenvalue weighted by Gasteiger charge is 2.14. The number of rotatable bonds is 7. The molecule has 3 heteroatoms. The summed E-state index contributed by atoms with van der Waals surface area (Å²) in [7, 11) is 0. The van der Waals surface area contributed by atoms with Crippen molar-refractivity contribution in [2.24, 2.45) is 0 Å². The molecule has 1 heterocycles. The fourth-order valence-electron chi connectivity index (χ4n) is 3.32. The number of aryl methyl sites for hydroxylation is 3. The van der Waals surface area contributed by atoms with Crippen molar-refractivity contribution in [3.8, 4) is 5.75 Å². The Hall–Kier alpha value is -2.55. The first-order valence-corrected chi connectivity index (χ1v) is 8.92. The van der Waals surface area contributed by atoms with E-state index in [0.717, 1.165) is 41.6 Å². The number of benzene rings is 2. The molecule has 0 N–H and O–H groups in total. The van der Waals surface area contributed by atoms with Crippen molar-refractivity contribution in [3.05, 3.63) is 65.4 Å². The van der Waals surface area contributed by atoms with Crippen molar-refractivity contribution in [2.75, 3.05) is 6.61 Å². The Morgan fingerprint density at radius 3 is 2.64 bits per heavy atom. The van der Waals surface area contributed by atoms with E-state index in [-0.39, 0.29) is 5.78 Å². The molecule has 0 radical (unpaired) electrons. The van der Waals surface area contributed by atoms with Crippen LogP contribution in [0.15, 0.2) is 48.7 Å². The first-order valence-electron chi connectivity index (χ1n) is 8.92. The molecule has 0 fully saturated rings. The molecule has 3 aromatic rings. The van der Waals surface area contributed by atoms with E-state index in [1.807, 2.05) is 36.5 Å². The Kier molecular flexibility index (Phi) is 5.22. The molecule has 0 aliphatic heterocycles. The Balaban J connectivity index is 1.77. The molecule has 0 aliphatic rings. The van der Waals surface area contributed by atoms with Gasteiger partial charge < -0.3 is 9.30 Å². The van der Waals surface area contributed by atoms with E-state index in [0.29, 0.717) is 6.61 Å². The third-order valence-corrected chi connectivity index (χ3v) is 4.64. The number of fused-ring (bicyclic) bond motifs is 1. The van der Waals surface area contributed by atoms with Gasteiger partial charge in [0.15, 0.2) is 5.78 Å². The summed E-state index contributed by atoms with van der Waals surface area (Å²) in [6.45, 7) is 7.35. The first-order chi connectivity index (χ1) is 12.1. The molecule has 130 valence electrons. The van der Waals surface area contributed by atoms with Crippen LogP contribution in [-0.4, -0.2) is 17.0 Å². The second kappa shape index (κ2) is 7.56. The molecule has 0 aliphatic carbocycles. The lowest BCUT2D eigenvalue weighted by molar-refractivity contribution is 0.101. The molecule has 0 atom stereocenters. The lowest BCUT2D eigenvalue weighted by Gasteiger charge is -2.11. The van der Waals surface area contributed by atoms with Gasteiger partial charge in [0.05, 0.1) is 12.1 Å². The van der Waals surface area contributed by atoms with Gasteiger partial charge in [-0.3, -0.25) is 4.79 Å². The van der Waals surface area contributed by atoms with Gasteiger partial charge in [0.1, 0.15) is 5.75 Å². The maximum Gasteiger partial charge on any atom is 0.161 e. The average molecular weight is 335 g/mol. The summed E-state index contributed by atoms with van der Waals surface area (Å²) in [6.07, 6.45) is 3.85. The number of ketones is 1. The van der Waals surface area contributed by atoms with E-state index in [1.54, 1.807) is 6.92 Å². The van der Waals surface area contributed by atoms with Gasteiger partial charge in [0.25, 0.3) is 0 Å². The van der Waals surface area contributed by atoms with Crippen molar-refractivity contribution in [2.45, 2.75) is 40.2 Å². The van der Waals surface area contributed by atoms with Gasteiger partial charge in [0, 0.05) is 23.7 Å². The Morgan fingerprint density at radius 1 is 1.12 bits per heavy atom. The highest BCUT2D eigenvalue weighted by molar-refractivity contribution is 6.07. The first kappa shape index (κ1) is 17.3. The number of Topliss-reactive ketones (excluding diaryl/α,β-unsaturated/α-hetero) is 1. The second-order valence-electron chi connectivity index (χ2n) is 6.43. The smallest absolute Gasteiger partial charge is 0.161 e. The SMILES string of the molecule is CCc1cccc2c(C(C)=O)cn(CCCOc3ccccc3C)c12. The lowest BCUT2D eigenvalue weighted by Crippen LogP contribution is -2.05. The van der Waals surface area contributed by atoms with Gasteiger partial charge in [-0.1, -0.05) is 43.3 Å². The van der Waals surface area contributed by atoms with Gasteiger partial charge in [-0.15, -0.1) is 0 Å². The predicted octanol–water partition coefficient (Wildman–Crippen LogP) is 5.18. The number of carbonyl (C=O) groups excluding carboxylic acids is 1. The summed E-state index contributed by atoms with van der Waals surface area (Å²) in [5, 5.41) is 1.06. The minimum absolute atomic E-state index is 0.119. The molecule has 25 heavy (non-hydrogen) atoms. The molecular weight excluding hydrogens is 310 g/mol. The Labute approximate surface area is 149 Å². The van der Waals surface area contributed by atoms with Crippen molar-refractivity contribution >= 4 is 16.7 Å². The average Bonchev–Trinajstić information content (AvgIpc) is 2.99. The van der Waals surface area contributed by atoms with Crippen molar-refractivity contribution in [3.63, 3.8) is 0 Å². The number of para-hydroxylation sites is 2. The van der Waals surface area contributed by atoms with Crippen LogP contribution in [0.5, 0.6) is 5.75 Å². The molecule has 2 aromatic carbocycles. The van der Waals surface area contributed by atoms with E-state index in [1.165, 1.54) is 11.1 Å². The number of hydrogen-bond donors (Lipinski definition) is 0. The van der Waals surface area contributed by atoms with Crippen molar-refractivity contribution < 1.29 is 9.53 Å². The minimum atomic E-state index is 0.119. The molecule has 0 unspecified atom stereocenters. The summed E-state index contributed by atoms with van der Waals surface area (Å²) >= 11 is 0. The highest BCUT2D eigenvalue weighted by Crippen LogP contribution is 2.26.